The quantitative estimate of drug-likeness (QED) is 0.187. The first-order valence-electron chi connectivity index (χ1n) is 13.7. The largest absolute Gasteiger partial charge is 0.452 e. The molecule has 3 aromatic carbocycles. The summed E-state index contributed by atoms with van der Waals surface area (Å²) in [6.45, 7) is 4.37. The van der Waals surface area contributed by atoms with E-state index in [1.807, 2.05) is 31.4 Å². The van der Waals surface area contributed by atoms with Crippen molar-refractivity contribution in [1.82, 2.24) is 14.1 Å². The van der Waals surface area contributed by atoms with Crippen molar-refractivity contribution >= 4 is 38.5 Å². The highest BCUT2D eigenvalue weighted by molar-refractivity contribution is 6.14. The topological polar surface area (TPSA) is 39.2 Å². The number of nitrogens with zero attached hydrogens (tertiary/aromatic N) is 5. The van der Waals surface area contributed by atoms with Crippen LogP contribution >= 0.6 is 0 Å². The molecule has 0 atom stereocenters. The molecule has 0 saturated heterocycles. The number of rotatable bonds is 2. The number of hydrogen-bond acceptors (Lipinski definition) is 2. The molecule has 7 aromatic rings. The van der Waals surface area contributed by atoms with Crippen LogP contribution in [0.3, 0.4) is 0 Å². The van der Waals surface area contributed by atoms with Crippen LogP contribution in [0, 0.1) is 11.6 Å². The van der Waals surface area contributed by atoms with Crippen LogP contribution < -0.4 is 14.0 Å². The number of imidazole rings is 1. The van der Waals surface area contributed by atoms with Gasteiger partial charge in [0.2, 0.25) is 0 Å². The molecule has 202 valence electrons. The van der Waals surface area contributed by atoms with Crippen molar-refractivity contribution in [2.75, 3.05) is 0 Å². The van der Waals surface area contributed by atoms with Gasteiger partial charge in [0.25, 0.3) is 5.65 Å². The highest BCUT2D eigenvalue weighted by Crippen LogP contribution is 2.46. The molecule has 0 N–H and O–H groups in total. The Bertz CT molecular complexity index is 2250. The molecule has 41 heavy (non-hydrogen) atoms. The Morgan fingerprint density at radius 3 is 2.51 bits per heavy atom. The predicted molar refractivity (Wildman–Crippen MR) is 153 cm³/mol. The monoisotopic (exact) mass is 547 g/mol. The fourth-order valence-electron chi connectivity index (χ4n) is 6.65. The predicted octanol–water partition coefficient (Wildman–Crippen LogP) is 6.33. The average Bonchev–Trinajstić information content (AvgIpc) is 3.52. The number of fused-ring (bicyclic) bond motifs is 11. The molecule has 6 nitrogen and oxygen atoms in total. The zero-order valence-corrected chi connectivity index (χ0v) is 23.1. The summed E-state index contributed by atoms with van der Waals surface area (Å²) in [5.41, 5.74) is 7.80. The number of ether oxygens (including phenoxy) is 1. The van der Waals surface area contributed by atoms with E-state index in [4.69, 9.17) is 9.72 Å². The van der Waals surface area contributed by atoms with E-state index in [-0.39, 0.29) is 23.8 Å². The number of hydrogen-bond donors (Lipinski definition) is 0. The number of halogens is 2. The van der Waals surface area contributed by atoms with E-state index in [0.717, 1.165) is 50.1 Å². The number of aryl methyl sites for hydroxylation is 2. The van der Waals surface area contributed by atoms with Crippen LogP contribution in [0.15, 0.2) is 73.2 Å². The average molecular weight is 548 g/mol. The first-order chi connectivity index (χ1) is 19.8. The highest BCUT2D eigenvalue weighted by atomic mass is 19.1. The van der Waals surface area contributed by atoms with Gasteiger partial charge in [0.15, 0.2) is 41.7 Å². The van der Waals surface area contributed by atoms with Crippen LogP contribution in [0.4, 0.5) is 8.78 Å². The Labute approximate surface area is 234 Å². The summed E-state index contributed by atoms with van der Waals surface area (Å²) in [4.78, 5) is 4.98. The van der Waals surface area contributed by atoms with Crippen molar-refractivity contribution in [1.29, 1.82) is 0 Å². The molecule has 8 rings (SSSR count). The summed E-state index contributed by atoms with van der Waals surface area (Å²) >= 11 is 0. The van der Waals surface area contributed by atoms with Gasteiger partial charge in [0, 0.05) is 29.7 Å². The summed E-state index contributed by atoms with van der Waals surface area (Å²) in [5, 5.41) is 1.99. The SMILES string of the molecule is CC(C)c1cccc2c1c1ncc3c(c1c1n2c2ccccc2[n+]1C)Cc1c(c(F)cc(F)c1-n1ccc[n+]1C)O3. The van der Waals surface area contributed by atoms with Crippen LogP contribution in [0.2, 0.25) is 0 Å². The molecule has 0 unspecified atom stereocenters. The second kappa shape index (κ2) is 8.33. The van der Waals surface area contributed by atoms with E-state index in [1.54, 1.807) is 21.8 Å². The fraction of sp³-hybridized carbons (Fsp3) is 0.182. The molecular formula is C33H27F2N5O+2. The molecule has 0 amide bonds. The molecule has 5 heterocycles. The van der Waals surface area contributed by atoms with Crippen LogP contribution in [0.25, 0.3) is 44.2 Å². The number of aromatic nitrogens is 5. The zero-order valence-electron chi connectivity index (χ0n) is 23.1. The molecular weight excluding hydrogens is 520 g/mol. The Morgan fingerprint density at radius 1 is 0.927 bits per heavy atom. The van der Waals surface area contributed by atoms with Crippen molar-refractivity contribution in [2.45, 2.75) is 26.2 Å². The third-order valence-corrected chi connectivity index (χ3v) is 8.48. The lowest BCUT2D eigenvalue weighted by Crippen LogP contribution is -2.38. The van der Waals surface area contributed by atoms with Gasteiger partial charge in [0.05, 0.1) is 35.7 Å². The molecule has 0 fully saturated rings. The van der Waals surface area contributed by atoms with Crippen LogP contribution in [-0.2, 0) is 20.5 Å². The Balaban J connectivity index is 1.56. The minimum absolute atomic E-state index is 0.0355. The van der Waals surface area contributed by atoms with E-state index in [9.17, 15) is 0 Å². The smallest absolute Gasteiger partial charge is 0.297 e. The molecule has 0 spiro atoms. The molecule has 0 radical (unpaired) electrons. The summed E-state index contributed by atoms with van der Waals surface area (Å²) in [6, 6.07) is 17.4. The lowest BCUT2D eigenvalue weighted by Gasteiger charge is -2.24. The molecule has 0 saturated carbocycles. The summed E-state index contributed by atoms with van der Waals surface area (Å²) in [5.74, 6) is -0.602. The lowest BCUT2D eigenvalue weighted by molar-refractivity contribution is -0.744. The lowest BCUT2D eigenvalue weighted by atomic mass is 9.92. The Kier molecular flexibility index (Phi) is 4.87. The minimum atomic E-state index is -0.730. The van der Waals surface area contributed by atoms with Gasteiger partial charge in [-0.05, 0) is 29.7 Å². The van der Waals surface area contributed by atoms with E-state index >= 15 is 8.78 Å². The normalized spacial score (nSPS) is 13.0. The van der Waals surface area contributed by atoms with Gasteiger partial charge >= 0.3 is 0 Å². The molecule has 1 aliphatic heterocycles. The Morgan fingerprint density at radius 2 is 1.73 bits per heavy atom. The zero-order chi connectivity index (χ0) is 28.2. The van der Waals surface area contributed by atoms with Crippen LogP contribution in [0.1, 0.15) is 36.5 Å². The summed E-state index contributed by atoms with van der Waals surface area (Å²) in [6.07, 6.45) is 5.55. The number of benzene rings is 3. The van der Waals surface area contributed by atoms with Gasteiger partial charge in [-0.25, -0.2) is 13.3 Å². The van der Waals surface area contributed by atoms with E-state index < -0.39 is 11.6 Å². The van der Waals surface area contributed by atoms with Crippen molar-refractivity contribution in [3.8, 4) is 17.2 Å². The molecule has 0 aliphatic carbocycles. The standard InChI is InChI=1S/C33H27F2N5O/c1-18(2)19-9-7-12-26-28(19)30-29(33-38(4)24-10-5-6-11-25(24)40(26)33)20-15-21-31(39-14-8-13-37(39)3)22(34)16-23(35)32(21)41-27(20)17-36-30/h5-14,16-18H,15H2,1-4H3/q+2. The second-order valence-electron chi connectivity index (χ2n) is 11.1. The maximum atomic E-state index is 15.5. The van der Waals surface area contributed by atoms with Crippen molar-refractivity contribution in [3.05, 3.63) is 102 Å². The van der Waals surface area contributed by atoms with Gasteiger partial charge in [-0.2, -0.15) is 4.40 Å². The third kappa shape index (κ3) is 3.13. The van der Waals surface area contributed by atoms with Gasteiger partial charge < -0.3 is 4.74 Å². The van der Waals surface area contributed by atoms with Crippen molar-refractivity contribution in [3.63, 3.8) is 0 Å². The van der Waals surface area contributed by atoms with Gasteiger partial charge in [-0.15, -0.1) is 9.36 Å². The number of pyridine rings is 2. The van der Waals surface area contributed by atoms with E-state index in [0.29, 0.717) is 11.3 Å². The maximum Gasteiger partial charge on any atom is 0.297 e. The van der Waals surface area contributed by atoms with Gasteiger partial charge in [0.1, 0.15) is 17.0 Å². The van der Waals surface area contributed by atoms with E-state index in [1.165, 1.54) is 5.56 Å². The Hall–Kier alpha value is -4.85. The first-order valence-corrected chi connectivity index (χ1v) is 13.7. The summed E-state index contributed by atoms with van der Waals surface area (Å²) < 4.78 is 44.9. The first kappa shape index (κ1) is 24.0. The summed E-state index contributed by atoms with van der Waals surface area (Å²) in [7, 11) is 3.87. The number of para-hydroxylation sites is 2. The highest BCUT2D eigenvalue weighted by Gasteiger charge is 2.34. The van der Waals surface area contributed by atoms with E-state index in [2.05, 4.69) is 60.2 Å². The fourth-order valence-corrected chi connectivity index (χ4v) is 6.65. The van der Waals surface area contributed by atoms with Crippen molar-refractivity contribution in [2.24, 2.45) is 14.1 Å². The van der Waals surface area contributed by atoms with Gasteiger partial charge in [-0.3, -0.25) is 4.98 Å². The minimum Gasteiger partial charge on any atom is -0.452 e. The molecule has 8 heteroatoms. The maximum absolute atomic E-state index is 15.5. The van der Waals surface area contributed by atoms with Crippen molar-refractivity contribution < 1.29 is 22.8 Å². The molecule has 0 bridgehead atoms. The second-order valence-corrected chi connectivity index (χ2v) is 11.1. The van der Waals surface area contributed by atoms with Gasteiger partial charge in [-0.1, -0.05) is 38.1 Å². The molecule has 4 aromatic heterocycles. The van der Waals surface area contributed by atoms with Crippen LogP contribution in [0.5, 0.6) is 11.5 Å². The molecule has 1 aliphatic rings. The van der Waals surface area contributed by atoms with Crippen LogP contribution in [-0.4, -0.2) is 14.1 Å². The third-order valence-electron chi connectivity index (χ3n) is 8.48.